The van der Waals surface area contributed by atoms with Crippen molar-refractivity contribution in [2.24, 2.45) is 0 Å². The monoisotopic (exact) mass is 312 g/mol. The second-order valence-electron chi connectivity index (χ2n) is 5.09. The number of nitrogens with one attached hydrogen (secondary N) is 1. The van der Waals surface area contributed by atoms with Crippen LogP contribution in [0, 0.1) is 0 Å². The maximum Gasteiger partial charge on any atom is 0.317 e. The molecule has 8 heteroatoms. The zero-order valence-electron chi connectivity index (χ0n) is 11.2. The summed E-state index contributed by atoms with van der Waals surface area (Å²) in [6.07, 6.45) is -0.534. The third kappa shape index (κ3) is 3.26. The average Bonchev–Trinajstić information content (AvgIpc) is 2.92. The highest BCUT2D eigenvalue weighted by Crippen LogP contribution is 2.27. The van der Waals surface area contributed by atoms with Crippen LogP contribution in [0.25, 0.3) is 11.0 Å². The van der Waals surface area contributed by atoms with Crippen LogP contribution < -0.4 is 5.32 Å². The van der Waals surface area contributed by atoms with E-state index in [2.05, 4.69) is 14.1 Å². The molecule has 1 saturated heterocycles. The average molecular weight is 312 g/mol. The lowest BCUT2D eigenvalue weighted by Crippen LogP contribution is -2.47. The molecule has 3 rings (SSSR count). The molecule has 0 atom stereocenters. The minimum Gasteiger partial charge on any atom is -0.334 e. The zero-order valence-corrected chi connectivity index (χ0v) is 12.0. The lowest BCUT2D eigenvalue weighted by molar-refractivity contribution is -0.0469. The Morgan fingerprint density at radius 1 is 1.29 bits per heavy atom. The molecule has 2 aromatic rings. The Morgan fingerprint density at radius 3 is 2.76 bits per heavy atom. The number of piperidine rings is 1. The first-order valence-corrected chi connectivity index (χ1v) is 7.38. The predicted octanol–water partition coefficient (Wildman–Crippen LogP) is 2.63. The minimum absolute atomic E-state index is 0.0911. The molecule has 0 radical (unpaired) electrons. The van der Waals surface area contributed by atoms with E-state index in [1.54, 1.807) is 0 Å². The summed E-state index contributed by atoms with van der Waals surface area (Å²) in [6.45, 7) is 0.529. The summed E-state index contributed by atoms with van der Waals surface area (Å²) >= 11 is 1.14. The summed E-state index contributed by atoms with van der Waals surface area (Å²) in [6, 6.07) is 5.28. The maximum atomic E-state index is 13.0. The van der Waals surface area contributed by atoms with Gasteiger partial charge in [-0.1, -0.05) is 6.07 Å². The number of likely N-dealkylation sites (tertiary alicyclic amines) is 1. The molecule has 1 aromatic carbocycles. The van der Waals surface area contributed by atoms with E-state index in [4.69, 9.17) is 0 Å². The standard InChI is InChI=1S/C13H14F2N4OS/c14-13(15)3-5-19(6-4-13)12(20)16-8-9-1-2-10-11(7-9)18-21-17-10/h1-2,7H,3-6,8H2,(H,16,20). The Kier molecular flexibility index (Phi) is 3.71. The van der Waals surface area contributed by atoms with Crippen LogP contribution in [-0.4, -0.2) is 38.7 Å². The molecule has 1 aliphatic rings. The number of aromatic nitrogens is 2. The van der Waals surface area contributed by atoms with Gasteiger partial charge in [0.15, 0.2) is 0 Å². The molecule has 112 valence electrons. The Balaban J connectivity index is 1.56. The number of carbonyl (C=O) groups is 1. The van der Waals surface area contributed by atoms with Crippen LogP contribution in [0.1, 0.15) is 18.4 Å². The molecule has 5 nitrogen and oxygen atoms in total. The molecule has 0 bridgehead atoms. The van der Waals surface area contributed by atoms with E-state index >= 15 is 0 Å². The zero-order chi connectivity index (χ0) is 14.9. The van der Waals surface area contributed by atoms with E-state index in [-0.39, 0.29) is 32.0 Å². The van der Waals surface area contributed by atoms with Crippen molar-refractivity contribution in [3.05, 3.63) is 23.8 Å². The molecule has 0 spiro atoms. The fraction of sp³-hybridized carbons (Fsp3) is 0.462. The Hall–Kier alpha value is -1.83. The summed E-state index contributed by atoms with van der Waals surface area (Å²) in [7, 11) is 0. The van der Waals surface area contributed by atoms with Crippen molar-refractivity contribution in [1.82, 2.24) is 19.0 Å². The van der Waals surface area contributed by atoms with E-state index in [0.717, 1.165) is 28.3 Å². The number of amides is 2. The molecule has 1 fully saturated rings. The van der Waals surface area contributed by atoms with Crippen molar-refractivity contribution in [2.75, 3.05) is 13.1 Å². The molecule has 2 amide bonds. The first-order chi connectivity index (χ1) is 10.0. The SMILES string of the molecule is O=C(NCc1ccc2nsnc2c1)N1CCC(F)(F)CC1. The van der Waals surface area contributed by atoms with Crippen LogP contribution in [0.3, 0.4) is 0 Å². The fourth-order valence-corrected chi connectivity index (χ4v) is 2.78. The highest BCUT2D eigenvalue weighted by atomic mass is 32.1. The van der Waals surface area contributed by atoms with Crippen molar-refractivity contribution in [3.8, 4) is 0 Å². The van der Waals surface area contributed by atoms with Gasteiger partial charge in [0.05, 0.1) is 11.7 Å². The number of fused-ring (bicyclic) bond motifs is 1. The van der Waals surface area contributed by atoms with Gasteiger partial charge >= 0.3 is 6.03 Å². The number of hydrogen-bond donors (Lipinski definition) is 1. The Labute approximate surface area is 124 Å². The number of carbonyl (C=O) groups excluding carboxylic acids is 1. The Bertz CT molecular complexity index is 650. The summed E-state index contributed by atoms with van der Waals surface area (Å²) in [4.78, 5) is 13.4. The second-order valence-corrected chi connectivity index (χ2v) is 5.62. The molecule has 1 N–H and O–H groups in total. The van der Waals surface area contributed by atoms with E-state index in [1.165, 1.54) is 4.90 Å². The molecule has 1 aliphatic heterocycles. The number of nitrogens with zero attached hydrogens (tertiary/aromatic N) is 3. The summed E-state index contributed by atoms with van der Waals surface area (Å²) in [5.74, 6) is -2.64. The van der Waals surface area contributed by atoms with Crippen LogP contribution in [0.4, 0.5) is 13.6 Å². The molecular formula is C13H14F2N4OS. The van der Waals surface area contributed by atoms with Crippen molar-refractivity contribution in [2.45, 2.75) is 25.3 Å². The number of rotatable bonds is 2. The van der Waals surface area contributed by atoms with Gasteiger partial charge in [-0.25, -0.2) is 13.6 Å². The van der Waals surface area contributed by atoms with Crippen LogP contribution in [0.5, 0.6) is 0 Å². The summed E-state index contributed by atoms with van der Waals surface area (Å²) in [5, 5.41) is 2.75. The normalized spacial score (nSPS) is 17.9. The maximum absolute atomic E-state index is 13.0. The third-order valence-electron chi connectivity index (χ3n) is 3.54. The molecule has 0 aliphatic carbocycles. The first-order valence-electron chi connectivity index (χ1n) is 6.65. The van der Waals surface area contributed by atoms with Crippen molar-refractivity contribution in [3.63, 3.8) is 0 Å². The van der Waals surface area contributed by atoms with Gasteiger partial charge in [-0.2, -0.15) is 8.75 Å². The molecule has 0 unspecified atom stereocenters. The lowest BCUT2D eigenvalue weighted by atomic mass is 10.1. The first kappa shape index (κ1) is 14.1. The van der Waals surface area contributed by atoms with Gasteiger partial charge in [0.2, 0.25) is 0 Å². The number of benzene rings is 1. The van der Waals surface area contributed by atoms with Gasteiger partial charge in [-0.15, -0.1) is 0 Å². The molecule has 1 aromatic heterocycles. The van der Waals surface area contributed by atoms with Gasteiger partial charge in [-0.3, -0.25) is 0 Å². The summed E-state index contributed by atoms with van der Waals surface area (Å²) < 4.78 is 34.3. The molecule has 21 heavy (non-hydrogen) atoms. The fourth-order valence-electron chi connectivity index (χ4n) is 2.26. The van der Waals surface area contributed by atoms with Crippen LogP contribution >= 0.6 is 11.7 Å². The van der Waals surface area contributed by atoms with Gasteiger partial charge in [-0.05, 0) is 17.7 Å². The largest absolute Gasteiger partial charge is 0.334 e. The lowest BCUT2D eigenvalue weighted by Gasteiger charge is -2.31. The van der Waals surface area contributed by atoms with Crippen LogP contribution in [0.15, 0.2) is 18.2 Å². The van der Waals surface area contributed by atoms with Gasteiger partial charge in [0, 0.05) is 32.5 Å². The highest BCUT2D eigenvalue weighted by Gasteiger charge is 2.35. The van der Waals surface area contributed by atoms with E-state index < -0.39 is 5.92 Å². The third-order valence-corrected chi connectivity index (χ3v) is 4.10. The predicted molar refractivity (Wildman–Crippen MR) is 75.4 cm³/mol. The van der Waals surface area contributed by atoms with E-state index in [1.807, 2.05) is 18.2 Å². The number of halogens is 2. The second kappa shape index (κ2) is 5.51. The molecule has 0 saturated carbocycles. The molecule has 2 heterocycles. The highest BCUT2D eigenvalue weighted by molar-refractivity contribution is 7.00. The topological polar surface area (TPSA) is 58.1 Å². The van der Waals surface area contributed by atoms with Gasteiger partial charge in [0.1, 0.15) is 11.0 Å². The van der Waals surface area contributed by atoms with Gasteiger partial charge in [0.25, 0.3) is 5.92 Å². The number of alkyl halides is 2. The van der Waals surface area contributed by atoms with E-state index in [0.29, 0.717) is 6.54 Å². The van der Waals surface area contributed by atoms with Crippen LogP contribution in [-0.2, 0) is 6.54 Å². The van der Waals surface area contributed by atoms with Crippen molar-refractivity contribution >= 4 is 28.8 Å². The molecular weight excluding hydrogens is 298 g/mol. The summed E-state index contributed by atoms with van der Waals surface area (Å²) in [5.41, 5.74) is 2.53. The van der Waals surface area contributed by atoms with Crippen molar-refractivity contribution in [1.29, 1.82) is 0 Å². The Morgan fingerprint density at radius 2 is 2.00 bits per heavy atom. The smallest absolute Gasteiger partial charge is 0.317 e. The quantitative estimate of drug-likeness (QED) is 0.927. The van der Waals surface area contributed by atoms with Gasteiger partial charge < -0.3 is 10.2 Å². The number of urea groups is 1. The van der Waals surface area contributed by atoms with Crippen LogP contribution in [0.2, 0.25) is 0 Å². The minimum atomic E-state index is -2.64. The number of hydrogen-bond acceptors (Lipinski definition) is 4. The van der Waals surface area contributed by atoms with E-state index in [9.17, 15) is 13.6 Å². The van der Waals surface area contributed by atoms with Crippen molar-refractivity contribution < 1.29 is 13.6 Å².